The molecule has 0 spiro atoms. The summed E-state index contributed by atoms with van der Waals surface area (Å²) in [6, 6.07) is 21.5. The Bertz CT molecular complexity index is 1300. The molecule has 0 aliphatic carbocycles. The fourth-order valence-corrected chi connectivity index (χ4v) is 3.68. The van der Waals surface area contributed by atoms with Crippen molar-refractivity contribution in [3.63, 3.8) is 0 Å². The molecule has 5 rings (SSSR count). The molecule has 0 saturated heterocycles. The summed E-state index contributed by atoms with van der Waals surface area (Å²) < 4.78 is 4.37. The molecule has 26 heavy (non-hydrogen) atoms. The molecular weight excluding hydrogens is 326 g/mol. The van der Waals surface area contributed by atoms with Crippen LogP contribution in [0.15, 0.2) is 79.1 Å². The van der Waals surface area contributed by atoms with Gasteiger partial charge in [-0.05, 0) is 29.8 Å². The Balaban J connectivity index is 1.74. The van der Waals surface area contributed by atoms with E-state index < -0.39 is 0 Å². The molecule has 0 aliphatic heterocycles. The topological polar surface area (TPSA) is 52.0 Å². The zero-order valence-electron chi connectivity index (χ0n) is 13.9. The Kier molecular flexibility index (Phi) is 3.09. The number of nitrogens with zero attached hydrogens (tertiary/aromatic N) is 3. The fourth-order valence-electron chi connectivity index (χ4n) is 3.68. The van der Waals surface area contributed by atoms with Crippen LogP contribution >= 0.6 is 0 Å². The van der Waals surface area contributed by atoms with E-state index in [1.807, 2.05) is 30.5 Å². The molecule has 0 aliphatic rings. The first-order chi connectivity index (χ1) is 12.7. The summed E-state index contributed by atoms with van der Waals surface area (Å²) in [4.78, 5) is 10.7. The molecule has 0 atom stereocenters. The molecule has 0 saturated carbocycles. The third kappa shape index (κ3) is 2.18. The molecule has 0 fully saturated rings. The highest BCUT2D eigenvalue weighted by molar-refractivity contribution is 5.93. The third-order valence-corrected chi connectivity index (χ3v) is 4.85. The minimum atomic E-state index is -0.350. The molecule has 0 amide bonds. The monoisotopic (exact) mass is 341 g/mol. The normalized spacial score (nSPS) is 11.5. The summed E-state index contributed by atoms with van der Waals surface area (Å²) in [5, 5.41) is 12.3. The zero-order chi connectivity index (χ0) is 17.7. The summed E-state index contributed by atoms with van der Waals surface area (Å²) >= 11 is 0. The Morgan fingerprint density at radius 2 is 1.69 bits per heavy atom. The summed E-state index contributed by atoms with van der Waals surface area (Å²) in [6.07, 6.45) is 4.79. The highest BCUT2D eigenvalue weighted by Crippen LogP contribution is 2.26. The van der Waals surface area contributed by atoms with Crippen LogP contribution in [0.5, 0.6) is 0 Å². The van der Waals surface area contributed by atoms with Crippen LogP contribution in [0, 0.1) is 10.1 Å². The third-order valence-electron chi connectivity index (χ3n) is 4.85. The molecule has 0 unspecified atom stereocenters. The molecule has 3 heterocycles. The minimum absolute atomic E-state index is 0.124. The van der Waals surface area contributed by atoms with E-state index in [1.165, 1.54) is 11.5 Å². The number of fused-ring (bicyclic) bond motifs is 5. The predicted octanol–water partition coefficient (Wildman–Crippen LogP) is 4.84. The first kappa shape index (κ1) is 14.7. The highest BCUT2D eigenvalue weighted by atomic mass is 16.6. The summed E-state index contributed by atoms with van der Waals surface area (Å²) in [7, 11) is 0. The second-order valence-corrected chi connectivity index (χ2v) is 6.45. The molecular formula is C21H15N3O2. The van der Waals surface area contributed by atoms with Gasteiger partial charge in [-0.1, -0.05) is 30.3 Å². The van der Waals surface area contributed by atoms with Gasteiger partial charge in [0.05, 0.1) is 21.5 Å². The lowest BCUT2D eigenvalue weighted by Gasteiger charge is -2.10. The number of rotatable bonds is 3. The number of hydrogen-bond acceptors (Lipinski definition) is 2. The number of para-hydroxylation sites is 1. The lowest BCUT2D eigenvalue weighted by molar-refractivity contribution is -0.384. The lowest BCUT2D eigenvalue weighted by Crippen LogP contribution is -2.01. The SMILES string of the molecule is O=[N+]([O-])c1cccc(Cc2cn3c4ccccc4cc3c3cccn23)c1. The van der Waals surface area contributed by atoms with Crippen LogP contribution in [0.1, 0.15) is 11.3 Å². The van der Waals surface area contributed by atoms with Crippen LogP contribution in [-0.2, 0) is 6.42 Å². The molecule has 0 radical (unpaired) electrons. The van der Waals surface area contributed by atoms with Gasteiger partial charge in [0, 0.05) is 42.0 Å². The van der Waals surface area contributed by atoms with Gasteiger partial charge in [0.25, 0.3) is 5.69 Å². The Morgan fingerprint density at radius 3 is 2.58 bits per heavy atom. The first-order valence-electron chi connectivity index (χ1n) is 8.43. The molecule has 126 valence electrons. The van der Waals surface area contributed by atoms with Crippen molar-refractivity contribution in [1.29, 1.82) is 0 Å². The summed E-state index contributed by atoms with van der Waals surface area (Å²) in [5.41, 5.74) is 5.57. The number of non-ortho nitro benzene ring substituents is 1. The van der Waals surface area contributed by atoms with Crippen LogP contribution in [0.2, 0.25) is 0 Å². The minimum Gasteiger partial charge on any atom is -0.317 e. The van der Waals surface area contributed by atoms with Crippen molar-refractivity contribution in [2.45, 2.75) is 6.42 Å². The maximum Gasteiger partial charge on any atom is 0.269 e. The van der Waals surface area contributed by atoms with Gasteiger partial charge in [0.2, 0.25) is 0 Å². The second-order valence-electron chi connectivity index (χ2n) is 6.45. The number of aromatic nitrogens is 2. The van der Waals surface area contributed by atoms with Gasteiger partial charge in [-0.15, -0.1) is 0 Å². The first-order valence-corrected chi connectivity index (χ1v) is 8.43. The number of hydrogen-bond donors (Lipinski definition) is 0. The quantitative estimate of drug-likeness (QED) is 0.348. The molecule has 3 aromatic heterocycles. The van der Waals surface area contributed by atoms with Crippen LogP contribution in [0.3, 0.4) is 0 Å². The van der Waals surface area contributed by atoms with Crippen molar-refractivity contribution in [1.82, 2.24) is 8.80 Å². The second kappa shape index (κ2) is 5.46. The van der Waals surface area contributed by atoms with Crippen molar-refractivity contribution < 1.29 is 4.92 Å². The average molecular weight is 341 g/mol. The van der Waals surface area contributed by atoms with Crippen molar-refractivity contribution >= 4 is 27.6 Å². The van der Waals surface area contributed by atoms with Crippen molar-refractivity contribution in [2.24, 2.45) is 0 Å². The Morgan fingerprint density at radius 1 is 0.846 bits per heavy atom. The van der Waals surface area contributed by atoms with Crippen LogP contribution < -0.4 is 0 Å². The van der Waals surface area contributed by atoms with E-state index in [2.05, 4.69) is 39.3 Å². The maximum absolute atomic E-state index is 11.1. The van der Waals surface area contributed by atoms with Gasteiger partial charge < -0.3 is 8.80 Å². The van der Waals surface area contributed by atoms with Gasteiger partial charge in [0.1, 0.15) is 0 Å². The molecule has 2 aromatic carbocycles. The van der Waals surface area contributed by atoms with Gasteiger partial charge in [-0.25, -0.2) is 0 Å². The molecule has 0 N–H and O–H groups in total. The van der Waals surface area contributed by atoms with Gasteiger partial charge in [0.15, 0.2) is 0 Å². The summed E-state index contributed by atoms with van der Waals surface area (Å²) in [6.45, 7) is 0. The van der Waals surface area contributed by atoms with Crippen LogP contribution in [0.4, 0.5) is 5.69 Å². The van der Waals surface area contributed by atoms with Crippen molar-refractivity contribution in [3.05, 3.63) is 100 Å². The van der Waals surface area contributed by atoms with E-state index in [1.54, 1.807) is 12.1 Å². The van der Waals surface area contributed by atoms with E-state index in [9.17, 15) is 10.1 Å². The average Bonchev–Trinajstić information content (AvgIpc) is 3.27. The lowest BCUT2D eigenvalue weighted by atomic mass is 10.1. The summed E-state index contributed by atoms with van der Waals surface area (Å²) in [5.74, 6) is 0. The molecule has 5 nitrogen and oxygen atoms in total. The van der Waals surface area contributed by atoms with Crippen LogP contribution in [0.25, 0.3) is 21.9 Å². The number of benzene rings is 2. The predicted molar refractivity (Wildman–Crippen MR) is 102 cm³/mol. The van der Waals surface area contributed by atoms with Crippen LogP contribution in [-0.4, -0.2) is 13.7 Å². The van der Waals surface area contributed by atoms with E-state index in [0.29, 0.717) is 6.42 Å². The van der Waals surface area contributed by atoms with Crippen molar-refractivity contribution in [2.75, 3.05) is 0 Å². The van der Waals surface area contributed by atoms with E-state index >= 15 is 0 Å². The number of nitro benzene ring substituents is 1. The highest BCUT2D eigenvalue weighted by Gasteiger charge is 2.12. The van der Waals surface area contributed by atoms with Gasteiger partial charge >= 0.3 is 0 Å². The van der Waals surface area contributed by atoms with E-state index in [0.717, 1.165) is 27.8 Å². The standard InChI is InChI=1S/C21H15N3O2/c25-24(26)17-7-3-5-15(11-17)12-18-14-23-19-8-2-1-6-16(19)13-21(23)20-9-4-10-22(18)20/h1-11,13-14H,12H2. The van der Waals surface area contributed by atoms with Crippen molar-refractivity contribution in [3.8, 4) is 0 Å². The Labute approximate surface area is 148 Å². The number of nitro groups is 1. The van der Waals surface area contributed by atoms with E-state index in [-0.39, 0.29) is 10.6 Å². The van der Waals surface area contributed by atoms with E-state index in [4.69, 9.17) is 0 Å². The van der Waals surface area contributed by atoms with Gasteiger partial charge in [-0.2, -0.15) is 0 Å². The van der Waals surface area contributed by atoms with Gasteiger partial charge in [-0.3, -0.25) is 10.1 Å². The molecule has 5 heteroatoms. The maximum atomic E-state index is 11.1. The smallest absolute Gasteiger partial charge is 0.269 e. The Hall–Kier alpha value is -3.60. The largest absolute Gasteiger partial charge is 0.317 e. The molecule has 0 bridgehead atoms. The fraction of sp³-hybridized carbons (Fsp3) is 0.0476. The zero-order valence-corrected chi connectivity index (χ0v) is 13.9. The molecule has 5 aromatic rings.